The fourth-order valence-electron chi connectivity index (χ4n) is 1.98. The van der Waals surface area contributed by atoms with E-state index in [1.165, 1.54) is 0 Å². The third kappa shape index (κ3) is 4.49. The predicted octanol–water partition coefficient (Wildman–Crippen LogP) is 0.917. The van der Waals surface area contributed by atoms with Crippen LogP contribution >= 0.6 is 0 Å². The average molecular weight is 228 g/mol. The quantitative estimate of drug-likeness (QED) is 0.664. The van der Waals surface area contributed by atoms with Gasteiger partial charge in [0.2, 0.25) is 0 Å². The number of carbonyl (C=O) groups excluding carboxylic acids is 1. The van der Waals surface area contributed by atoms with Gasteiger partial charge in [0.05, 0.1) is 5.92 Å². The molecule has 0 aromatic rings. The lowest BCUT2D eigenvalue weighted by atomic mass is 10.0. The summed E-state index contributed by atoms with van der Waals surface area (Å²) in [6.45, 7) is 4.85. The van der Waals surface area contributed by atoms with Gasteiger partial charge in [0, 0.05) is 0 Å². The first-order valence-corrected chi connectivity index (χ1v) is 6.33. The maximum Gasteiger partial charge on any atom is 0.309 e. The lowest BCUT2D eigenvalue weighted by molar-refractivity contribution is -0.155. The number of ether oxygens (including phenoxy) is 1. The molecule has 0 radical (unpaired) electrons. The third-order valence-electron chi connectivity index (χ3n) is 3.14. The fourth-order valence-corrected chi connectivity index (χ4v) is 1.98. The Bertz CT molecular complexity index is 203. The van der Waals surface area contributed by atoms with Crippen LogP contribution in [0.4, 0.5) is 0 Å². The minimum absolute atomic E-state index is 0.00958. The highest BCUT2D eigenvalue weighted by atomic mass is 16.5. The van der Waals surface area contributed by atoms with Crippen LogP contribution in [0, 0.1) is 5.92 Å². The molecule has 0 amide bonds. The molecule has 1 aliphatic heterocycles. The van der Waals surface area contributed by atoms with Crippen molar-refractivity contribution in [3.05, 3.63) is 0 Å². The van der Waals surface area contributed by atoms with Gasteiger partial charge in [-0.25, -0.2) is 0 Å². The molecular formula is C12H24N2O2. The zero-order chi connectivity index (χ0) is 11.8. The summed E-state index contributed by atoms with van der Waals surface area (Å²) >= 11 is 0. The maximum atomic E-state index is 11.9. The molecule has 16 heavy (non-hydrogen) atoms. The standard InChI is InChI=1S/C12H24N2O2/c1-3-10(4-7-13-2)12(15)16-11-5-8-14-9-6-11/h10-11,13-14H,3-9H2,1-2H3. The van der Waals surface area contributed by atoms with Crippen molar-refractivity contribution in [3.8, 4) is 0 Å². The molecule has 0 spiro atoms. The monoisotopic (exact) mass is 228 g/mol. The van der Waals surface area contributed by atoms with Crippen molar-refractivity contribution in [2.75, 3.05) is 26.7 Å². The van der Waals surface area contributed by atoms with Gasteiger partial charge in [-0.15, -0.1) is 0 Å². The van der Waals surface area contributed by atoms with E-state index in [9.17, 15) is 4.79 Å². The second-order valence-corrected chi connectivity index (χ2v) is 4.38. The normalized spacial score (nSPS) is 19.4. The molecule has 2 N–H and O–H groups in total. The Labute approximate surface area is 98.1 Å². The first-order chi connectivity index (χ1) is 7.77. The Morgan fingerprint density at radius 2 is 2.19 bits per heavy atom. The van der Waals surface area contributed by atoms with Crippen LogP contribution in [0.25, 0.3) is 0 Å². The Balaban J connectivity index is 2.29. The van der Waals surface area contributed by atoms with Gasteiger partial charge in [-0.05, 0) is 52.4 Å². The maximum absolute atomic E-state index is 11.9. The lowest BCUT2D eigenvalue weighted by Gasteiger charge is -2.24. The first kappa shape index (κ1) is 13.5. The van der Waals surface area contributed by atoms with Crippen molar-refractivity contribution >= 4 is 5.97 Å². The van der Waals surface area contributed by atoms with Gasteiger partial charge in [0.1, 0.15) is 6.10 Å². The molecule has 4 nitrogen and oxygen atoms in total. The van der Waals surface area contributed by atoms with Gasteiger partial charge in [0.15, 0.2) is 0 Å². The number of piperidine rings is 1. The summed E-state index contributed by atoms with van der Waals surface area (Å²) in [5.41, 5.74) is 0. The van der Waals surface area contributed by atoms with Gasteiger partial charge in [-0.1, -0.05) is 6.92 Å². The summed E-state index contributed by atoms with van der Waals surface area (Å²) in [5.74, 6) is 0.0481. The van der Waals surface area contributed by atoms with Crippen molar-refractivity contribution in [1.29, 1.82) is 0 Å². The summed E-state index contributed by atoms with van der Waals surface area (Å²) in [6.07, 6.45) is 3.78. The van der Waals surface area contributed by atoms with Crippen LogP contribution in [0.3, 0.4) is 0 Å². The second kappa shape index (κ2) is 7.63. The lowest BCUT2D eigenvalue weighted by Crippen LogP contribution is -2.35. The fraction of sp³-hybridized carbons (Fsp3) is 0.917. The van der Waals surface area contributed by atoms with Crippen molar-refractivity contribution < 1.29 is 9.53 Å². The number of esters is 1. The molecule has 94 valence electrons. The first-order valence-electron chi connectivity index (χ1n) is 6.33. The second-order valence-electron chi connectivity index (χ2n) is 4.38. The van der Waals surface area contributed by atoms with Crippen molar-refractivity contribution in [2.45, 2.75) is 38.7 Å². The molecule has 0 aromatic carbocycles. The van der Waals surface area contributed by atoms with Crippen LogP contribution in [-0.2, 0) is 9.53 Å². The largest absolute Gasteiger partial charge is 0.462 e. The molecule has 1 rings (SSSR count). The number of nitrogens with one attached hydrogen (secondary N) is 2. The Hall–Kier alpha value is -0.610. The average Bonchev–Trinajstić information content (AvgIpc) is 2.31. The minimum atomic E-state index is -0.00958. The van der Waals surface area contributed by atoms with Crippen LogP contribution in [0.5, 0.6) is 0 Å². The molecule has 1 heterocycles. The van der Waals surface area contributed by atoms with Crippen LogP contribution in [0.15, 0.2) is 0 Å². The van der Waals surface area contributed by atoms with Crippen LogP contribution in [-0.4, -0.2) is 38.8 Å². The minimum Gasteiger partial charge on any atom is -0.462 e. The number of hydrogen-bond donors (Lipinski definition) is 2. The van der Waals surface area contributed by atoms with E-state index in [-0.39, 0.29) is 18.0 Å². The van der Waals surface area contributed by atoms with Crippen molar-refractivity contribution in [2.24, 2.45) is 5.92 Å². The van der Waals surface area contributed by atoms with Crippen LogP contribution in [0.2, 0.25) is 0 Å². The SMILES string of the molecule is CCC(CCNC)C(=O)OC1CCNCC1. The van der Waals surface area contributed by atoms with Crippen molar-refractivity contribution in [3.63, 3.8) is 0 Å². The summed E-state index contributed by atoms with van der Waals surface area (Å²) in [6, 6.07) is 0. The molecule has 4 heteroatoms. The molecule has 1 saturated heterocycles. The molecule has 0 aliphatic carbocycles. The molecule has 1 atom stereocenters. The van der Waals surface area contributed by atoms with E-state index >= 15 is 0 Å². The topological polar surface area (TPSA) is 50.4 Å². The van der Waals surface area contributed by atoms with Crippen LogP contribution in [0.1, 0.15) is 32.6 Å². The summed E-state index contributed by atoms with van der Waals surface area (Å²) in [7, 11) is 1.91. The predicted molar refractivity (Wildman–Crippen MR) is 64.3 cm³/mol. The van der Waals surface area contributed by atoms with Gasteiger partial charge in [-0.3, -0.25) is 4.79 Å². The third-order valence-corrected chi connectivity index (χ3v) is 3.14. The smallest absolute Gasteiger partial charge is 0.309 e. The van der Waals surface area contributed by atoms with Gasteiger partial charge in [0.25, 0.3) is 0 Å². The van der Waals surface area contributed by atoms with E-state index in [1.54, 1.807) is 0 Å². The van der Waals surface area contributed by atoms with E-state index in [2.05, 4.69) is 10.6 Å². The van der Waals surface area contributed by atoms with E-state index in [1.807, 2.05) is 14.0 Å². The Morgan fingerprint density at radius 1 is 1.50 bits per heavy atom. The highest BCUT2D eigenvalue weighted by molar-refractivity contribution is 5.72. The molecule has 1 fully saturated rings. The summed E-state index contributed by atoms with van der Waals surface area (Å²) in [4.78, 5) is 11.9. The highest BCUT2D eigenvalue weighted by Crippen LogP contribution is 2.15. The van der Waals surface area contributed by atoms with E-state index in [4.69, 9.17) is 4.74 Å². The van der Waals surface area contributed by atoms with E-state index in [0.717, 1.165) is 45.3 Å². The van der Waals surface area contributed by atoms with Crippen molar-refractivity contribution in [1.82, 2.24) is 10.6 Å². The van der Waals surface area contributed by atoms with E-state index in [0.29, 0.717) is 0 Å². The number of carbonyl (C=O) groups is 1. The molecule has 1 unspecified atom stereocenters. The number of rotatable bonds is 6. The summed E-state index contributed by atoms with van der Waals surface area (Å²) in [5, 5.41) is 6.34. The zero-order valence-electron chi connectivity index (χ0n) is 10.4. The summed E-state index contributed by atoms with van der Waals surface area (Å²) < 4.78 is 5.53. The molecular weight excluding hydrogens is 204 g/mol. The van der Waals surface area contributed by atoms with Crippen LogP contribution < -0.4 is 10.6 Å². The highest BCUT2D eigenvalue weighted by Gasteiger charge is 2.22. The van der Waals surface area contributed by atoms with Gasteiger partial charge >= 0.3 is 5.97 Å². The van der Waals surface area contributed by atoms with Gasteiger partial charge in [-0.2, -0.15) is 0 Å². The Kier molecular flexibility index (Phi) is 6.42. The number of hydrogen-bond acceptors (Lipinski definition) is 4. The molecule has 1 aliphatic rings. The molecule has 0 saturated carbocycles. The van der Waals surface area contributed by atoms with Gasteiger partial charge < -0.3 is 15.4 Å². The molecule has 0 bridgehead atoms. The molecule has 0 aromatic heterocycles. The zero-order valence-corrected chi connectivity index (χ0v) is 10.4. The van der Waals surface area contributed by atoms with E-state index < -0.39 is 0 Å². The Morgan fingerprint density at radius 3 is 2.75 bits per heavy atom.